The number of amidine groups is 1. The number of aliphatic imine (C=N–C) groups is 1. The quantitative estimate of drug-likeness (QED) is 0.848. The molecule has 1 aliphatic rings. The first-order chi connectivity index (χ1) is 7.56. The Balaban J connectivity index is 2.16. The zero-order valence-corrected chi connectivity index (χ0v) is 12.1. The average molecular weight is 299 g/mol. The lowest BCUT2D eigenvalue weighted by Gasteiger charge is -2.10. The average Bonchev–Trinajstić information content (AvgIpc) is 2.60. The van der Waals surface area contributed by atoms with Gasteiger partial charge in [0.2, 0.25) is 0 Å². The van der Waals surface area contributed by atoms with Crippen LogP contribution in [0.1, 0.15) is 18.1 Å². The van der Waals surface area contributed by atoms with Crippen molar-refractivity contribution >= 4 is 38.5 Å². The van der Waals surface area contributed by atoms with Crippen LogP contribution >= 0.6 is 27.7 Å². The van der Waals surface area contributed by atoms with E-state index in [9.17, 15) is 0 Å². The van der Waals surface area contributed by atoms with Gasteiger partial charge in [0.05, 0.1) is 6.54 Å². The maximum absolute atomic E-state index is 4.45. The van der Waals surface area contributed by atoms with Crippen molar-refractivity contribution in [3.05, 3.63) is 27.7 Å². The third-order valence-electron chi connectivity index (χ3n) is 2.49. The summed E-state index contributed by atoms with van der Waals surface area (Å²) in [6, 6.07) is 4.28. The third-order valence-corrected chi connectivity index (χ3v) is 4.75. The number of nitrogens with one attached hydrogen (secondary N) is 1. The van der Waals surface area contributed by atoms with Crippen LogP contribution in [0, 0.1) is 13.8 Å². The standard InChI is InChI=1S/C12H15BrN2S/c1-7-4-10(5-8(2)11(7)13)15-12-14-6-9(3)16-12/h4-5,9H,6H2,1-3H3,(H,14,15). The van der Waals surface area contributed by atoms with Crippen molar-refractivity contribution in [1.82, 2.24) is 0 Å². The summed E-state index contributed by atoms with van der Waals surface area (Å²) in [7, 11) is 0. The Labute approximate surface area is 109 Å². The van der Waals surface area contributed by atoms with Gasteiger partial charge in [0.25, 0.3) is 0 Å². The second-order valence-electron chi connectivity index (χ2n) is 4.12. The number of aryl methyl sites for hydroxylation is 2. The van der Waals surface area contributed by atoms with Crippen LogP contribution in [0.3, 0.4) is 0 Å². The fourth-order valence-electron chi connectivity index (χ4n) is 1.69. The lowest BCUT2D eigenvalue weighted by Crippen LogP contribution is -2.06. The van der Waals surface area contributed by atoms with Crippen LogP contribution < -0.4 is 5.32 Å². The van der Waals surface area contributed by atoms with Crippen molar-refractivity contribution in [2.24, 2.45) is 4.99 Å². The molecule has 1 unspecified atom stereocenters. The van der Waals surface area contributed by atoms with Crippen LogP contribution in [0.15, 0.2) is 21.6 Å². The van der Waals surface area contributed by atoms with E-state index < -0.39 is 0 Å². The van der Waals surface area contributed by atoms with Crippen molar-refractivity contribution in [2.45, 2.75) is 26.0 Å². The second-order valence-corrected chi connectivity index (χ2v) is 6.34. The molecule has 86 valence electrons. The van der Waals surface area contributed by atoms with Gasteiger partial charge in [-0.2, -0.15) is 0 Å². The predicted molar refractivity (Wildman–Crippen MR) is 76.6 cm³/mol. The van der Waals surface area contributed by atoms with Crippen LogP contribution in [-0.2, 0) is 0 Å². The first-order valence-corrected chi connectivity index (χ1v) is 6.98. The Morgan fingerprint density at radius 3 is 2.50 bits per heavy atom. The molecule has 0 saturated heterocycles. The molecule has 1 atom stereocenters. The van der Waals surface area contributed by atoms with Crippen molar-refractivity contribution < 1.29 is 0 Å². The molecule has 16 heavy (non-hydrogen) atoms. The maximum atomic E-state index is 4.45. The molecule has 0 fully saturated rings. The summed E-state index contributed by atoms with van der Waals surface area (Å²) in [5.41, 5.74) is 3.62. The Bertz CT molecular complexity index is 420. The Hall–Kier alpha value is -0.480. The van der Waals surface area contributed by atoms with Crippen LogP contribution in [0.2, 0.25) is 0 Å². The minimum absolute atomic E-state index is 0.597. The predicted octanol–water partition coefficient (Wildman–Crippen LogP) is 3.97. The van der Waals surface area contributed by atoms with Crippen LogP contribution in [0.4, 0.5) is 5.69 Å². The largest absolute Gasteiger partial charge is 0.335 e. The molecule has 1 aliphatic heterocycles. The van der Waals surface area contributed by atoms with E-state index in [0.29, 0.717) is 5.25 Å². The van der Waals surface area contributed by atoms with Crippen LogP contribution in [0.5, 0.6) is 0 Å². The van der Waals surface area contributed by atoms with Crippen molar-refractivity contribution in [2.75, 3.05) is 11.9 Å². The summed E-state index contributed by atoms with van der Waals surface area (Å²) in [6.45, 7) is 7.32. The first-order valence-electron chi connectivity index (χ1n) is 5.31. The molecule has 1 aromatic carbocycles. The fourth-order valence-corrected chi connectivity index (χ4v) is 2.77. The number of hydrogen-bond donors (Lipinski definition) is 1. The summed E-state index contributed by atoms with van der Waals surface area (Å²) in [4.78, 5) is 4.45. The van der Waals surface area contributed by atoms with Crippen molar-refractivity contribution in [3.63, 3.8) is 0 Å². The van der Waals surface area contributed by atoms with Gasteiger partial charge in [-0.1, -0.05) is 34.6 Å². The molecule has 0 amide bonds. The van der Waals surface area contributed by atoms with Gasteiger partial charge in [0, 0.05) is 15.4 Å². The molecule has 0 aromatic heterocycles. The molecular weight excluding hydrogens is 284 g/mol. The number of anilines is 1. The zero-order chi connectivity index (χ0) is 11.7. The van der Waals surface area contributed by atoms with E-state index in [-0.39, 0.29) is 0 Å². The highest BCUT2D eigenvalue weighted by Gasteiger charge is 2.15. The lowest BCUT2D eigenvalue weighted by molar-refractivity contribution is 0.976. The number of nitrogens with zero attached hydrogens (tertiary/aromatic N) is 1. The minimum atomic E-state index is 0.597. The van der Waals surface area contributed by atoms with E-state index in [1.54, 1.807) is 11.8 Å². The Morgan fingerprint density at radius 2 is 2.00 bits per heavy atom. The molecule has 2 nitrogen and oxygen atoms in total. The number of thioether (sulfide) groups is 1. The number of hydrogen-bond acceptors (Lipinski definition) is 3. The van der Waals surface area contributed by atoms with Gasteiger partial charge in [-0.15, -0.1) is 0 Å². The highest BCUT2D eigenvalue weighted by Crippen LogP contribution is 2.27. The van der Waals surface area contributed by atoms with Gasteiger partial charge < -0.3 is 5.32 Å². The molecule has 0 bridgehead atoms. The van der Waals surface area contributed by atoms with Crippen LogP contribution in [-0.4, -0.2) is 17.0 Å². The highest BCUT2D eigenvalue weighted by molar-refractivity contribution is 9.10. The minimum Gasteiger partial charge on any atom is -0.335 e. The zero-order valence-electron chi connectivity index (χ0n) is 9.67. The monoisotopic (exact) mass is 298 g/mol. The van der Waals surface area contributed by atoms with E-state index in [1.165, 1.54) is 15.6 Å². The van der Waals surface area contributed by atoms with Gasteiger partial charge in [0.15, 0.2) is 5.17 Å². The summed E-state index contributed by atoms with van der Waals surface area (Å²) in [5.74, 6) is 0. The molecule has 1 aromatic rings. The molecule has 1 N–H and O–H groups in total. The summed E-state index contributed by atoms with van der Waals surface area (Å²) in [5, 5.41) is 5.01. The van der Waals surface area contributed by atoms with Gasteiger partial charge in [0.1, 0.15) is 0 Å². The van der Waals surface area contributed by atoms with Crippen molar-refractivity contribution in [3.8, 4) is 0 Å². The molecule has 2 rings (SSSR count). The molecule has 4 heteroatoms. The topological polar surface area (TPSA) is 24.4 Å². The highest BCUT2D eigenvalue weighted by atomic mass is 79.9. The van der Waals surface area contributed by atoms with Gasteiger partial charge in [-0.25, -0.2) is 0 Å². The molecule has 0 spiro atoms. The maximum Gasteiger partial charge on any atom is 0.161 e. The van der Waals surface area contributed by atoms with E-state index >= 15 is 0 Å². The fraction of sp³-hybridized carbons (Fsp3) is 0.417. The van der Waals surface area contributed by atoms with Gasteiger partial charge >= 0.3 is 0 Å². The Kier molecular flexibility index (Phi) is 3.60. The van der Waals surface area contributed by atoms with E-state index in [4.69, 9.17) is 0 Å². The normalized spacial score (nSPS) is 19.8. The molecular formula is C12H15BrN2S. The molecule has 0 radical (unpaired) electrons. The van der Waals surface area contributed by atoms with E-state index in [0.717, 1.165) is 17.4 Å². The second kappa shape index (κ2) is 4.80. The first kappa shape index (κ1) is 12.0. The Morgan fingerprint density at radius 1 is 1.38 bits per heavy atom. The van der Waals surface area contributed by atoms with Gasteiger partial charge in [-0.05, 0) is 37.1 Å². The molecule has 0 saturated carbocycles. The lowest BCUT2D eigenvalue weighted by atomic mass is 10.1. The SMILES string of the molecule is Cc1cc(NC2=NCC(C)S2)cc(C)c1Br. The summed E-state index contributed by atoms with van der Waals surface area (Å²) < 4.78 is 1.19. The molecule has 0 aliphatic carbocycles. The van der Waals surface area contributed by atoms with Crippen LogP contribution in [0.25, 0.3) is 0 Å². The molecule has 1 heterocycles. The number of benzene rings is 1. The van der Waals surface area contributed by atoms with E-state index in [1.807, 2.05) is 0 Å². The van der Waals surface area contributed by atoms with Crippen molar-refractivity contribution in [1.29, 1.82) is 0 Å². The number of halogens is 1. The summed E-state index contributed by atoms with van der Waals surface area (Å²) >= 11 is 5.38. The number of rotatable bonds is 1. The van der Waals surface area contributed by atoms with Gasteiger partial charge in [-0.3, -0.25) is 4.99 Å². The smallest absolute Gasteiger partial charge is 0.161 e. The third kappa shape index (κ3) is 2.61. The summed E-state index contributed by atoms with van der Waals surface area (Å²) in [6.07, 6.45) is 0. The van der Waals surface area contributed by atoms with E-state index in [2.05, 4.69) is 59.1 Å².